The highest BCUT2D eigenvalue weighted by Gasteiger charge is 2.29. The number of amides is 2. The molecule has 8 heteroatoms. The molecule has 1 aliphatic rings. The first kappa shape index (κ1) is 25.2. The lowest BCUT2D eigenvalue weighted by atomic mass is 9.98. The Labute approximate surface area is 219 Å². The van der Waals surface area contributed by atoms with Crippen LogP contribution in [0, 0.1) is 6.92 Å². The molecule has 0 unspecified atom stereocenters. The van der Waals surface area contributed by atoms with Crippen molar-refractivity contribution in [2.45, 2.75) is 31.7 Å². The fourth-order valence-electron chi connectivity index (χ4n) is 5.01. The molecule has 0 saturated carbocycles. The topological polar surface area (TPSA) is 124 Å². The molecule has 2 amide bonds. The van der Waals surface area contributed by atoms with Crippen LogP contribution in [0.2, 0.25) is 0 Å². The molecule has 0 radical (unpaired) electrons. The highest BCUT2D eigenvalue weighted by molar-refractivity contribution is 5.98. The molecular formula is C30H29N3O5. The minimum absolute atomic E-state index is 0.0832. The molecule has 0 fully saturated rings. The summed E-state index contributed by atoms with van der Waals surface area (Å²) >= 11 is 0. The maximum atomic E-state index is 13.1. The summed E-state index contributed by atoms with van der Waals surface area (Å²) in [5, 5.41) is 6.27. The normalized spacial score (nSPS) is 13.0. The van der Waals surface area contributed by atoms with Crippen LogP contribution < -0.4 is 22.0 Å². The number of hydrogen-bond acceptors (Lipinski definition) is 6. The summed E-state index contributed by atoms with van der Waals surface area (Å²) in [5.74, 6) is -0.499. The van der Waals surface area contributed by atoms with Crippen molar-refractivity contribution >= 4 is 28.7 Å². The van der Waals surface area contributed by atoms with Crippen LogP contribution in [0.4, 0.5) is 10.5 Å². The molecule has 0 aliphatic heterocycles. The molecule has 4 aromatic rings. The van der Waals surface area contributed by atoms with Crippen molar-refractivity contribution in [2.75, 3.05) is 18.5 Å². The molecule has 0 bridgehead atoms. The Morgan fingerprint density at radius 2 is 1.68 bits per heavy atom. The van der Waals surface area contributed by atoms with Gasteiger partial charge in [0.05, 0.1) is 0 Å². The van der Waals surface area contributed by atoms with Crippen molar-refractivity contribution in [1.29, 1.82) is 0 Å². The molecule has 1 atom stereocenters. The van der Waals surface area contributed by atoms with Gasteiger partial charge in [0, 0.05) is 29.1 Å². The molecule has 38 heavy (non-hydrogen) atoms. The third-order valence-electron chi connectivity index (χ3n) is 6.87. The zero-order chi connectivity index (χ0) is 26.6. The van der Waals surface area contributed by atoms with E-state index in [1.54, 1.807) is 18.2 Å². The molecule has 1 aromatic heterocycles. The maximum absolute atomic E-state index is 13.1. The smallest absolute Gasteiger partial charge is 0.407 e. The van der Waals surface area contributed by atoms with Crippen molar-refractivity contribution in [3.8, 4) is 11.1 Å². The Morgan fingerprint density at radius 3 is 2.37 bits per heavy atom. The average molecular weight is 512 g/mol. The van der Waals surface area contributed by atoms with E-state index >= 15 is 0 Å². The quantitative estimate of drug-likeness (QED) is 0.295. The highest BCUT2D eigenvalue weighted by atomic mass is 16.5. The summed E-state index contributed by atoms with van der Waals surface area (Å²) in [7, 11) is 0. The number of alkyl carbamates (subject to hydrolysis) is 1. The van der Waals surface area contributed by atoms with Gasteiger partial charge in [-0.3, -0.25) is 4.79 Å². The molecule has 3 aromatic carbocycles. The van der Waals surface area contributed by atoms with E-state index in [9.17, 15) is 14.4 Å². The summed E-state index contributed by atoms with van der Waals surface area (Å²) in [6, 6.07) is 21.8. The van der Waals surface area contributed by atoms with Gasteiger partial charge in [-0.1, -0.05) is 48.5 Å². The Balaban J connectivity index is 1.26. The van der Waals surface area contributed by atoms with Crippen LogP contribution in [0.5, 0.6) is 0 Å². The van der Waals surface area contributed by atoms with Crippen molar-refractivity contribution < 1.29 is 18.7 Å². The van der Waals surface area contributed by atoms with Gasteiger partial charge in [-0.15, -0.1) is 0 Å². The second kappa shape index (κ2) is 10.9. The number of carbonyl (C=O) groups excluding carboxylic acids is 2. The minimum atomic E-state index is -0.852. The fraction of sp³-hybridized carbons (Fsp3) is 0.233. The molecular weight excluding hydrogens is 482 g/mol. The van der Waals surface area contributed by atoms with Crippen molar-refractivity contribution in [2.24, 2.45) is 5.73 Å². The molecule has 194 valence electrons. The largest absolute Gasteiger partial charge is 0.449 e. The van der Waals surface area contributed by atoms with Crippen LogP contribution in [-0.2, 0) is 9.53 Å². The number of anilines is 1. The van der Waals surface area contributed by atoms with Gasteiger partial charge in [-0.25, -0.2) is 9.59 Å². The van der Waals surface area contributed by atoms with Gasteiger partial charge in [0.25, 0.3) is 0 Å². The average Bonchev–Trinajstić information content (AvgIpc) is 3.23. The van der Waals surface area contributed by atoms with Crippen LogP contribution in [0.25, 0.3) is 22.1 Å². The van der Waals surface area contributed by atoms with Crippen LogP contribution in [0.3, 0.4) is 0 Å². The van der Waals surface area contributed by atoms with Crippen molar-refractivity contribution in [3.05, 3.63) is 99.9 Å². The van der Waals surface area contributed by atoms with Gasteiger partial charge in [0.1, 0.15) is 18.2 Å². The first-order valence-corrected chi connectivity index (χ1v) is 12.6. The lowest BCUT2D eigenvalue weighted by molar-refractivity contribution is -0.118. The summed E-state index contributed by atoms with van der Waals surface area (Å²) in [6.45, 7) is 2.34. The zero-order valence-electron chi connectivity index (χ0n) is 21.0. The van der Waals surface area contributed by atoms with E-state index in [2.05, 4.69) is 22.8 Å². The van der Waals surface area contributed by atoms with Gasteiger partial charge in [0.15, 0.2) is 0 Å². The summed E-state index contributed by atoms with van der Waals surface area (Å²) in [4.78, 5) is 37.7. The van der Waals surface area contributed by atoms with E-state index in [1.165, 1.54) is 6.07 Å². The highest BCUT2D eigenvalue weighted by Crippen LogP contribution is 2.44. The van der Waals surface area contributed by atoms with Crippen LogP contribution in [-0.4, -0.2) is 31.2 Å². The van der Waals surface area contributed by atoms with Crippen molar-refractivity contribution in [3.63, 3.8) is 0 Å². The Morgan fingerprint density at radius 1 is 1.00 bits per heavy atom. The minimum Gasteiger partial charge on any atom is -0.449 e. The summed E-state index contributed by atoms with van der Waals surface area (Å²) in [6.07, 6.45) is 0.200. The Kier molecular flexibility index (Phi) is 7.24. The molecule has 0 spiro atoms. The Hall–Kier alpha value is -4.43. The first-order valence-electron chi connectivity index (χ1n) is 12.6. The zero-order valence-corrected chi connectivity index (χ0v) is 21.0. The predicted octanol–water partition coefficient (Wildman–Crippen LogP) is 4.69. The predicted molar refractivity (Wildman–Crippen MR) is 146 cm³/mol. The number of fused-ring (bicyclic) bond motifs is 4. The monoisotopic (exact) mass is 511 g/mol. The third-order valence-corrected chi connectivity index (χ3v) is 6.87. The molecule has 5 rings (SSSR count). The van der Waals surface area contributed by atoms with E-state index in [1.807, 2.05) is 43.3 Å². The fourth-order valence-corrected chi connectivity index (χ4v) is 5.01. The number of benzene rings is 3. The second-order valence-electron chi connectivity index (χ2n) is 9.40. The second-order valence-corrected chi connectivity index (χ2v) is 9.40. The van der Waals surface area contributed by atoms with Gasteiger partial charge in [0.2, 0.25) is 5.91 Å². The van der Waals surface area contributed by atoms with Gasteiger partial charge in [-0.05, 0) is 66.3 Å². The van der Waals surface area contributed by atoms with E-state index in [0.717, 1.165) is 33.2 Å². The number of aryl methyl sites for hydroxylation is 1. The maximum Gasteiger partial charge on any atom is 0.407 e. The van der Waals surface area contributed by atoms with E-state index in [-0.39, 0.29) is 12.5 Å². The van der Waals surface area contributed by atoms with Crippen LogP contribution in [0.15, 0.2) is 82.0 Å². The van der Waals surface area contributed by atoms with Crippen LogP contribution in [0.1, 0.15) is 35.4 Å². The molecule has 1 heterocycles. The van der Waals surface area contributed by atoms with Gasteiger partial charge >= 0.3 is 11.7 Å². The molecule has 0 saturated heterocycles. The molecule has 1 aliphatic carbocycles. The van der Waals surface area contributed by atoms with Crippen LogP contribution >= 0.6 is 0 Å². The molecule has 4 N–H and O–H groups in total. The van der Waals surface area contributed by atoms with Gasteiger partial charge < -0.3 is 25.5 Å². The number of hydrogen-bond donors (Lipinski definition) is 3. The number of nitrogens with two attached hydrogens (primary N) is 1. The summed E-state index contributed by atoms with van der Waals surface area (Å²) < 4.78 is 10.9. The Bertz CT molecular complexity index is 1520. The number of rotatable bonds is 8. The third kappa shape index (κ3) is 5.17. The number of nitrogens with one attached hydrogen (secondary N) is 2. The standard InChI is InChI=1S/C30H29N3O5/c1-18-15-28(34)38-27-16-19(12-13-20(18)27)32-29(35)26(11-6-14-31)33-30(36)37-17-25-23-9-4-2-7-21(23)22-8-3-5-10-24(22)25/h2-5,7-10,12-13,15-16,25-26H,6,11,14,17,31H2,1H3,(H,32,35)(H,33,36)/t26-/m0/s1. The SMILES string of the molecule is Cc1cc(=O)oc2cc(NC(=O)[C@H](CCCN)NC(=O)OCC3c4ccccc4-c4ccccc43)ccc12. The van der Waals surface area contributed by atoms with E-state index in [0.29, 0.717) is 30.7 Å². The molecule has 8 nitrogen and oxygen atoms in total. The lowest BCUT2D eigenvalue weighted by Crippen LogP contribution is -2.44. The summed E-state index contributed by atoms with van der Waals surface area (Å²) in [5.41, 5.74) is 11.3. The number of ether oxygens (including phenoxy) is 1. The number of carbonyl (C=O) groups is 2. The van der Waals surface area contributed by atoms with Gasteiger partial charge in [-0.2, -0.15) is 0 Å². The first-order chi connectivity index (χ1) is 18.4. The lowest BCUT2D eigenvalue weighted by Gasteiger charge is -2.20. The van der Waals surface area contributed by atoms with Crippen molar-refractivity contribution in [1.82, 2.24) is 5.32 Å². The van der Waals surface area contributed by atoms with E-state index < -0.39 is 23.7 Å². The van der Waals surface area contributed by atoms with E-state index in [4.69, 9.17) is 14.9 Å².